The van der Waals surface area contributed by atoms with E-state index in [1.165, 1.54) is 17.7 Å². The molecular weight excluding hydrogens is 534 g/mol. The lowest BCUT2D eigenvalue weighted by atomic mass is 10.0. The van der Waals surface area contributed by atoms with Crippen LogP contribution in [0.15, 0.2) is 58.0 Å². The molecule has 0 radical (unpaired) electrons. The predicted molar refractivity (Wildman–Crippen MR) is 128 cm³/mol. The third-order valence-electron chi connectivity index (χ3n) is 4.84. The number of hydrogen-bond acceptors (Lipinski definition) is 2. The Hall–Kier alpha value is -1.19. The Morgan fingerprint density at radius 2 is 1.68 bits per heavy atom. The Morgan fingerprint density at radius 1 is 1.07 bits per heavy atom. The molecule has 1 aliphatic rings. The molecule has 1 saturated heterocycles. The molecule has 152 valence electrons. The maximum Gasteiger partial charge on any atom is 0.191 e. The van der Waals surface area contributed by atoms with Gasteiger partial charge in [-0.15, -0.1) is 24.0 Å². The van der Waals surface area contributed by atoms with E-state index in [0.717, 1.165) is 48.5 Å². The molecule has 4 nitrogen and oxygen atoms in total. The number of likely N-dealkylation sites (tertiary alicyclic amines) is 1. The van der Waals surface area contributed by atoms with Gasteiger partial charge < -0.3 is 10.6 Å². The summed E-state index contributed by atoms with van der Waals surface area (Å²) in [5, 5.41) is 6.82. The third kappa shape index (κ3) is 7.33. The highest BCUT2D eigenvalue weighted by Gasteiger charge is 2.20. The smallest absolute Gasteiger partial charge is 0.191 e. The summed E-state index contributed by atoms with van der Waals surface area (Å²) >= 11 is 3.48. The minimum atomic E-state index is -0.212. The van der Waals surface area contributed by atoms with Crippen molar-refractivity contribution in [3.63, 3.8) is 0 Å². The quantitative estimate of drug-likeness (QED) is 0.320. The molecule has 3 rings (SSSR count). The van der Waals surface area contributed by atoms with Crippen LogP contribution in [-0.2, 0) is 13.1 Å². The van der Waals surface area contributed by atoms with Crippen LogP contribution >= 0.6 is 39.9 Å². The normalized spacial score (nSPS) is 15.8. The number of nitrogens with one attached hydrogen (secondary N) is 2. The molecule has 2 N–H and O–H groups in total. The second kappa shape index (κ2) is 11.7. The van der Waals surface area contributed by atoms with E-state index >= 15 is 0 Å². The van der Waals surface area contributed by atoms with Crippen molar-refractivity contribution in [2.45, 2.75) is 32.0 Å². The summed E-state index contributed by atoms with van der Waals surface area (Å²) in [6.45, 7) is 3.77. The molecule has 0 aromatic heterocycles. The van der Waals surface area contributed by atoms with Crippen LogP contribution in [-0.4, -0.2) is 37.0 Å². The summed E-state index contributed by atoms with van der Waals surface area (Å²) in [4.78, 5) is 6.81. The first-order valence-electron chi connectivity index (χ1n) is 9.31. The van der Waals surface area contributed by atoms with Crippen LogP contribution in [0.5, 0.6) is 0 Å². The van der Waals surface area contributed by atoms with Crippen LogP contribution < -0.4 is 10.6 Å². The maximum absolute atomic E-state index is 13.0. The van der Waals surface area contributed by atoms with Gasteiger partial charge in [-0.2, -0.15) is 0 Å². The molecule has 2 aromatic rings. The molecule has 0 unspecified atom stereocenters. The van der Waals surface area contributed by atoms with Gasteiger partial charge in [-0.05, 0) is 48.2 Å². The Morgan fingerprint density at radius 3 is 2.29 bits per heavy atom. The SMILES string of the molecule is CN=C(NCc1ccc(F)cc1)NC1CCN(Cc2ccc(Br)cc2)CC1.I. The molecular formula is C21H27BrFIN4. The zero-order chi connectivity index (χ0) is 19.1. The standard InChI is InChI=1S/C21H26BrFN4.HI/c1-24-21(25-14-16-4-8-19(23)9-5-16)26-20-10-12-27(13-11-20)15-17-2-6-18(22)7-3-17;/h2-9,20H,10-15H2,1H3,(H2,24,25,26);1H. The van der Waals surface area contributed by atoms with Crippen LogP contribution in [0.25, 0.3) is 0 Å². The van der Waals surface area contributed by atoms with E-state index in [9.17, 15) is 4.39 Å². The second-order valence-electron chi connectivity index (χ2n) is 6.87. The van der Waals surface area contributed by atoms with Gasteiger partial charge in [0, 0.05) is 43.7 Å². The van der Waals surface area contributed by atoms with Crippen LogP contribution in [0.4, 0.5) is 4.39 Å². The highest BCUT2D eigenvalue weighted by atomic mass is 127. The van der Waals surface area contributed by atoms with Crippen LogP contribution in [0.2, 0.25) is 0 Å². The van der Waals surface area contributed by atoms with Crippen molar-refractivity contribution in [3.05, 3.63) is 69.9 Å². The van der Waals surface area contributed by atoms with Crippen molar-refractivity contribution < 1.29 is 4.39 Å². The number of guanidine groups is 1. The van der Waals surface area contributed by atoms with Gasteiger partial charge in [0.05, 0.1) is 0 Å². The Balaban J connectivity index is 0.00000280. The maximum atomic E-state index is 13.0. The van der Waals surface area contributed by atoms with Crippen molar-refractivity contribution in [1.82, 2.24) is 15.5 Å². The number of hydrogen-bond donors (Lipinski definition) is 2. The van der Waals surface area contributed by atoms with Crippen molar-refractivity contribution in [1.29, 1.82) is 0 Å². The molecule has 0 aliphatic carbocycles. The van der Waals surface area contributed by atoms with E-state index in [0.29, 0.717) is 12.6 Å². The van der Waals surface area contributed by atoms with Crippen molar-refractivity contribution >= 4 is 45.9 Å². The molecule has 0 atom stereocenters. The van der Waals surface area contributed by atoms with E-state index in [-0.39, 0.29) is 29.8 Å². The number of benzene rings is 2. The van der Waals surface area contributed by atoms with Gasteiger partial charge in [0.1, 0.15) is 5.82 Å². The molecule has 7 heteroatoms. The number of rotatable bonds is 5. The molecule has 0 saturated carbocycles. The van der Waals surface area contributed by atoms with Crippen molar-refractivity contribution in [2.24, 2.45) is 4.99 Å². The first-order chi connectivity index (χ1) is 13.1. The fourth-order valence-electron chi connectivity index (χ4n) is 3.26. The average molecular weight is 561 g/mol. The summed E-state index contributed by atoms with van der Waals surface area (Å²) in [6, 6.07) is 15.5. The van der Waals surface area contributed by atoms with Gasteiger partial charge in [0.2, 0.25) is 0 Å². The molecule has 1 heterocycles. The van der Waals surface area contributed by atoms with E-state index in [1.807, 2.05) is 0 Å². The number of aliphatic imine (C=N–C) groups is 1. The van der Waals surface area contributed by atoms with E-state index in [4.69, 9.17) is 0 Å². The Bertz CT molecular complexity index is 744. The number of halogens is 3. The zero-order valence-corrected chi connectivity index (χ0v) is 19.9. The third-order valence-corrected chi connectivity index (χ3v) is 5.37. The average Bonchev–Trinajstić information content (AvgIpc) is 2.69. The highest BCUT2D eigenvalue weighted by Crippen LogP contribution is 2.16. The summed E-state index contributed by atoms with van der Waals surface area (Å²) in [5.74, 6) is 0.585. The summed E-state index contributed by atoms with van der Waals surface area (Å²) < 4.78 is 14.1. The number of piperidine rings is 1. The van der Waals surface area contributed by atoms with Crippen molar-refractivity contribution in [2.75, 3.05) is 20.1 Å². The van der Waals surface area contributed by atoms with Gasteiger partial charge in [-0.25, -0.2) is 4.39 Å². The Kier molecular flexibility index (Phi) is 9.67. The highest BCUT2D eigenvalue weighted by molar-refractivity contribution is 14.0. The largest absolute Gasteiger partial charge is 0.354 e. The molecule has 0 amide bonds. The molecule has 1 fully saturated rings. The molecule has 0 bridgehead atoms. The fourth-order valence-corrected chi connectivity index (χ4v) is 3.52. The molecule has 28 heavy (non-hydrogen) atoms. The number of nitrogens with zero attached hydrogens (tertiary/aromatic N) is 2. The van der Waals surface area contributed by atoms with Gasteiger partial charge in [0.25, 0.3) is 0 Å². The van der Waals surface area contributed by atoms with E-state index in [2.05, 4.69) is 60.7 Å². The molecule has 0 spiro atoms. The predicted octanol–water partition coefficient (Wildman–Crippen LogP) is 4.54. The van der Waals surface area contributed by atoms with Crippen LogP contribution in [0, 0.1) is 5.82 Å². The van der Waals surface area contributed by atoms with E-state index < -0.39 is 0 Å². The first-order valence-corrected chi connectivity index (χ1v) is 10.1. The first kappa shape index (κ1) is 23.1. The lowest BCUT2D eigenvalue weighted by Gasteiger charge is -2.33. The lowest BCUT2D eigenvalue weighted by molar-refractivity contribution is 0.198. The summed E-state index contributed by atoms with van der Waals surface area (Å²) in [7, 11) is 1.78. The van der Waals surface area contributed by atoms with Gasteiger partial charge >= 0.3 is 0 Å². The lowest BCUT2D eigenvalue weighted by Crippen LogP contribution is -2.48. The minimum absolute atomic E-state index is 0. The van der Waals surface area contributed by atoms with Gasteiger partial charge in [-0.3, -0.25) is 9.89 Å². The van der Waals surface area contributed by atoms with Crippen molar-refractivity contribution in [3.8, 4) is 0 Å². The van der Waals surface area contributed by atoms with Crippen LogP contribution in [0.3, 0.4) is 0 Å². The zero-order valence-electron chi connectivity index (χ0n) is 16.0. The van der Waals surface area contributed by atoms with Gasteiger partial charge in [0.15, 0.2) is 5.96 Å². The Labute approximate surface area is 192 Å². The van der Waals surface area contributed by atoms with Gasteiger partial charge in [-0.1, -0.05) is 40.2 Å². The summed E-state index contributed by atoms with van der Waals surface area (Å²) in [6.07, 6.45) is 2.18. The monoisotopic (exact) mass is 560 g/mol. The molecule has 1 aliphatic heterocycles. The fraction of sp³-hybridized carbons (Fsp3) is 0.381. The molecule has 2 aromatic carbocycles. The topological polar surface area (TPSA) is 39.7 Å². The second-order valence-corrected chi connectivity index (χ2v) is 7.79. The minimum Gasteiger partial charge on any atom is -0.354 e. The van der Waals surface area contributed by atoms with Crippen LogP contribution in [0.1, 0.15) is 24.0 Å². The summed E-state index contributed by atoms with van der Waals surface area (Å²) in [5.41, 5.74) is 2.38. The van der Waals surface area contributed by atoms with E-state index in [1.54, 1.807) is 19.2 Å².